The Hall–Kier alpha value is -8.21. The van der Waals surface area contributed by atoms with E-state index in [0.717, 1.165) is 65.5 Å². The van der Waals surface area contributed by atoms with Gasteiger partial charge in [0.05, 0.1) is 56.6 Å². The molecule has 9 heteroatoms. The molecule has 13 aromatic rings. The fourth-order valence-electron chi connectivity index (χ4n) is 10.2. The van der Waals surface area contributed by atoms with Crippen molar-refractivity contribution in [3.05, 3.63) is 193 Å². The maximum Gasteiger partial charge on any atom is 0.417 e. The molecule has 0 amide bonds. The van der Waals surface area contributed by atoms with Crippen molar-refractivity contribution in [3.63, 3.8) is 0 Å². The number of fused-ring (bicyclic) bond motifs is 14. The van der Waals surface area contributed by atoms with Crippen LogP contribution < -0.4 is 0 Å². The van der Waals surface area contributed by atoms with E-state index in [1.54, 1.807) is 34.8 Å². The fourth-order valence-corrected chi connectivity index (χ4v) is 12.7. The number of para-hydroxylation sites is 2. The number of nitrogens with zero attached hydrogens (tertiary/aromatic N) is 4. The maximum absolute atomic E-state index is 14.9. The Morgan fingerprint density at radius 1 is 0.439 bits per heavy atom. The highest BCUT2D eigenvalue weighted by Gasteiger charge is 2.34. The number of benzene rings is 9. The van der Waals surface area contributed by atoms with Crippen molar-refractivity contribution in [1.82, 2.24) is 9.13 Å². The SMILES string of the molecule is N#Cc1ccc(-c2ccc(-n3c4ccccc4c4c5sc6ccccc6c5ccc43)c(-c3cc(-n4c5ccccc5c5c6sc7ccccc7c6ccc54)ccc3C#N)c2)c(C(F)(F)F)c1. The van der Waals surface area contributed by atoms with Crippen molar-refractivity contribution in [1.29, 1.82) is 10.5 Å². The van der Waals surface area contributed by atoms with Crippen LogP contribution in [0.15, 0.2) is 176 Å². The zero-order valence-electron chi connectivity index (χ0n) is 34.5. The van der Waals surface area contributed by atoms with Gasteiger partial charge in [0.1, 0.15) is 0 Å². The number of thiophene rings is 2. The lowest BCUT2D eigenvalue weighted by Crippen LogP contribution is -2.08. The van der Waals surface area contributed by atoms with Gasteiger partial charge in [0, 0.05) is 78.7 Å². The fraction of sp³-hybridized carbons (Fsp3) is 0.0175. The van der Waals surface area contributed by atoms with Gasteiger partial charge in [0.25, 0.3) is 0 Å². The predicted molar refractivity (Wildman–Crippen MR) is 266 cm³/mol. The summed E-state index contributed by atoms with van der Waals surface area (Å²) in [5, 5.41) is 29.6. The first kappa shape index (κ1) is 38.3. The molecule has 310 valence electrons. The summed E-state index contributed by atoms with van der Waals surface area (Å²) in [6.45, 7) is 0. The number of hydrogen-bond donors (Lipinski definition) is 0. The van der Waals surface area contributed by atoms with E-state index in [0.29, 0.717) is 27.9 Å². The van der Waals surface area contributed by atoms with Gasteiger partial charge in [0.2, 0.25) is 0 Å². The topological polar surface area (TPSA) is 57.4 Å². The minimum Gasteiger partial charge on any atom is -0.309 e. The van der Waals surface area contributed by atoms with Crippen molar-refractivity contribution >= 4 is 107 Å². The molecule has 0 N–H and O–H groups in total. The van der Waals surface area contributed by atoms with Gasteiger partial charge < -0.3 is 9.13 Å². The van der Waals surface area contributed by atoms with Gasteiger partial charge in [-0.15, -0.1) is 22.7 Å². The minimum atomic E-state index is -4.74. The van der Waals surface area contributed by atoms with E-state index in [-0.39, 0.29) is 11.1 Å². The molecule has 4 aromatic heterocycles. The molecule has 0 fully saturated rings. The van der Waals surface area contributed by atoms with Crippen LogP contribution in [0.1, 0.15) is 16.7 Å². The molecule has 0 aliphatic rings. The second-order valence-corrected chi connectivity index (χ2v) is 18.6. The number of nitriles is 2. The van der Waals surface area contributed by atoms with Gasteiger partial charge in [-0.2, -0.15) is 23.7 Å². The Bertz CT molecular complexity index is 4320. The van der Waals surface area contributed by atoms with Gasteiger partial charge in [0.15, 0.2) is 0 Å². The van der Waals surface area contributed by atoms with Gasteiger partial charge in [-0.1, -0.05) is 97.1 Å². The van der Waals surface area contributed by atoms with E-state index in [9.17, 15) is 23.7 Å². The maximum atomic E-state index is 14.9. The lowest BCUT2D eigenvalue weighted by molar-refractivity contribution is -0.137. The summed E-state index contributed by atoms with van der Waals surface area (Å²) in [6, 6.07) is 61.2. The van der Waals surface area contributed by atoms with E-state index >= 15 is 0 Å². The highest BCUT2D eigenvalue weighted by atomic mass is 32.1. The highest BCUT2D eigenvalue weighted by Crippen LogP contribution is 2.48. The van der Waals surface area contributed by atoms with Crippen LogP contribution in [0, 0.1) is 22.7 Å². The number of halogens is 3. The summed E-state index contributed by atoms with van der Waals surface area (Å²) >= 11 is 3.52. The molecule has 4 heterocycles. The van der Waals surface area contributed by atoms with Crippen molar-refractivity contribution in [3.8, 4) is 45.8 Å². The first-order valence-corrected chi connectivity index (χ1v) is 22.9. The van der Waals surface area contributed by atoms with Crippen LogP contribution in [0.25, 0.3) is 118 Å². The predicted octanol–water partition coefficient (Wildman–Crippen LogP) is 16.7. The zero-order chi connectivity index (χ0) is 44.4. The Kier molecular flexibility index (Phi) is 8.20. The smallest absolute Gasteiger partial charge is 0.309 e. The van der Waals surface area contributed by atoms with Crippen LogP contribution in [0.4, 0.5) is 13.2 Å². The van der Waals surface area contributed by atoms with Crippen molar-refractivity contribution in [2.75, 3.05) is 0 Å². The first-order chi connectivity index (χ1) is 32.3. The molecule has 0 spiro atoms. The average molecular weight is 891 g/mol. The molecule has 0 bridgehead atoms. The largest absolute Gasteiger partial charge is 0.417 e. The van der Waals surface area contributed by atoms with Crippen LogP contribution in [0.2, 0.25) is 0 Å². The van der Waals surface area contributed by atoms with E-state index in [4.69, 9.17) is 0 Å². The molecule has 0 saturated heterocycles. The van der Waals surface area contributed by atoms with Gasteiger partial charge in [-0.3, -0.25) is 0 Å². The number of hydrogen-bond acceptors (Lipinski definition) is 4. The Morgan fingerprint density at radius 2 is 1.02 bits per heavy atom. The number of alkyl halides is 3. The molecule has 0 saturated carbocycles. The second kappa shape index (κ2) is 14.1. The molecule has 0 atom stereocenters. The Morgan fingerprint density at radius 3 is 1.62 bits per heavy atom. The Balaban J connectivity index is 1.13. The van der Waals surface area contributed by atoms with Gasteiger partial charge >= 0.3 is 6.18 Å². The normalized spacial score (nSPS) is 12.1. The summed E-state index contributed by atoms with van der Waals surface area (Å²) in [4.78, 5) is 0. The summed E-state index contributed by atoms with van der Waals surface area (Å²) < 4.78 is 53.9. The third kappa shape index (κ3) is 5.48. The van der Waals surface area contributed by atoms with Crippen LogP contribution in [0.5, 0.6) is 0 Å². The molecule has 13 rings (SSSR count). The van der Waals surface area contributed by atoms with Crippen molar-refractivity contribution in [2.24, 2.45) is 0 Å². The second-order valence-electron chi connectivity index (χ2n) is 16.5. The molecule has 0 aliphatic heterocycles. The monoisotopic (exact) mass is 890 g/mol. The average Bonchev–Trinajstić information content (AvgIpc) is 4.11. The molecule has 4 nitrogen and oxygen atoms in total. The summed E-state index contributed by atoms with van der Waals surface area (Å²) in [6.07, 6.45) is -4.74. The van der Waals surface area contributed by atoms with Crippen molar-refractivity contribution in [2.45, 2.75) is 6.18 Å². The van der Waals surface area contributed by atoms with Crippen LogP contribution in [-0.2, 0) is 6.18 Å². The number of aromatic nitrogens is 2. The standard InChI is InChI=1S/C57H29F3N4S2/c58-57(59,60)45-27-32(30-61)17-21-36(45)33-19-24-48(64-47-14-6-2-12-42(47)54-50(64)26-23-40-38-10-4-8-16-52(38)66-56(40)54)44(28-33)43-29-35(20-18-34(43)31-62)63-46-13-5-1-11-41(46)53-49(63)25-22-39-37-9-3-7-15-51(37)65-55(39)53/h1-29H. The molecule has 0 aliphatic carbocycles. The minimum absolute atomic E-state index is 0.0621. The third-order valence-corrected chi connectivity index (χ3v) is 15.4. The highest BCUT2D eigenvalue weighted by molar-refractivity contribution is 7.27. The quantitative estimate of drug-likeness (QED) is 0.177. The molecule has 0 unspecified atom stereocenters. The van der Waals surface area contributed by atoms with Gasteiger partial charge in [-0.05, 0) is 90.0 Å². The van der Waals surface area contributed by atoms with E-state index in [1.165, 1.54) is 42.4 Å². The zero-order valence-corrected chi connectivity index (χ0v) is 36.1. The van der Waals surface area contributed by atoms with E-state index in [2.05, 4.69) is 118 Å². The summed E-state index contributed by atoms with van der Waals surface area (Å²) in [5.41, 5.74) is 6.12. The van der Waals surface area contributed by atoms with Crippen LogP contribution in [0.3, 0.4) is 0 Å². The lowest BCUT2D eigenvalue weighted by Gasteiger charge is -2.19. The van der Waals surface area contributed by atoms with Crippen LogP contribution in [-0.4, -0.2) is 9.13 Å². The third-order valence-electron chi connectivity index (χ3n) is 13.0. The number of rotatable bonds is 4. The van der Waals surface area contributed by atoms with E-state index < -0.39 is 11.7 Å². The first-order valence-electron chi connectivity index (χ1n) is 21.3. The summed E-state index contributed by atoms with van der Waals surface area (Å²) in [7, 11) is 0. The molecule has 0 radical (unpaired) electrons. The van der Waals surface area contributed by atoms with Crippen LogP contribution >= 0.6 is 22.7 Å². The molecule has 9 aromatic carbocycles. The molecule has 66 heavy (non-hydrogen) atoms. The van der Waals surface area contributed by atoms with Crippen molar-refractivity contribution < 1.29 is 13.2 Å². The molecular formula is C57H29F3N4S2. The van der Waals surface area contributed by atoms with E-state index in [1.807, 2.05) is 48.5 Å². The Labute approximate surface area is 382 Å². The summed E-state index contributed by atoms with van der Waals surface area (Å²) in [5.74, 6) is 0. The molecular weight excluding hydrogens is 862 g/mol. The lowest BCUT2D eigenvalue weighted by atomic mass is 9.91. The van der Waals surface area contributed by atoms with Gasteiger partial charge in [-0.25, -0.2) is 0 Å².